The Hall–Kier alpha value is -1.01. The lowest BCUT2D eigenvalue weighted by molar-refractivity contribution is -0.121. The van der Waals surface area contributed by atoms with Crippen molar-refractivity contribution in [1.29, 1.82) is 0 Å². The van der Waals surface area contributed by atoms with Gasteiger partial charge < -0.3 is 10.1 Å². The Morgan fingerprint density at radius 3 is 2.30 bits per heavy atom. The van der Waals surface area contributed by atoms with Crippen LogP contribution in [0.15, 0.2) is 0 Å². The van der Waals surface area contributed by atoms with Gasteiger partial charge in [0, 0.05) is 32.6 Å². The summed E-state index contributed by atoms with van der Waals surface area (Å²) in [4.78, 5) is 11.3. The van der Waals surface area contributed by atoms with Crippen LogP contribution in [-0.2, 0) is 9.53 Å². The average Bonchev–Trinajstić information content (AvgIpc) is 2.51. The van der Waals surface area contributed by atoms with Crippen molar-refractivity contribution in [3.63, 3.8) is 0 Å². The highest BCUT2D eigenvalue weighted by Gasteiger charge is 1.99. The fourth-order valence-electron chi connectivity index (χ4n) is 1.20. The normalized spacial score (nSPS) is 8.10. The number of hydrogen-bond acceptors (Lipinski definition) is 2. The first-order valence-electron chi connectivity index (χ1n) is 8.05. The first kappa shape index (κ1) is 24.0. The maximum Gasteiger partial charge on any atom is 0.220 e. The zero-order chi connectivity index (χ0) is 16.1. The number of amides is 1. The van der Waals surface area contributed by atoms with Crippen LogP contribution in [0.2, 0.25) is 0 Å². The Balaban J connectivity index is -0.000000656. The van der Waals surface area contributed by atoms with E-state index in [2.05, 4.69) is 24.1 Å². The number of carbonyl (C=O) groups excluding carboxylic acids is 1. The summed E-state index contributed by atoms with van der Waals surface area (Å²) in [6, 6.07) is 0. The molecule has 0 spiro atoms. The van der Waals surface area contributed by atoms with Crippen LogP contribution in [0, 0.1) is 11.8 Å². The molecule has 0 aliphatic carbocycles. The highest BCUT2D eigenvalue weighted by Crippen LogP contribution is 1.92. The summed E-state index contributed by atoms with van der Waals surface area (Å²) in [6.07, 6.45) is 4.18. The number of unbranched alkanes of at least 4 members (excludes halogenated alkanes) is 1. The molecule has 3 heteroatoms. The average molecular weight is 285 g/mol. The van der Waals surface area contributed by atoms with Crippen LogP contribution in [-0.4, -0.2) is 25.7 Å². The predicted octanol–water partition coefficient (Wildman–Crippen LogP) is 4.17. The number of carbonyl (C=O) groups is 1. The van der Waals surface area contributed by atoms with Gasteiger partial charge in [0.05, 0.1) is 0 Å². The zero-order valence-corrected chi connectivity index (χ0v) is 14.5. The lowest BCUT2D eigenvalue weighted by atomic mass is 10.3. The molecule has 0 aromatic rings. The van der Waals surface area contributed by atoms with Crippen molar-refractivity contribution in [2.24, 2.45) is 0 Å². The summed E-state index contributed by atoms with van der Waals surface area (Å²) in [5, 5.41) is 2.87. The van der Waals surface area contributed by atoms with Crippen LogP contribution in [0.25, 0.3) is 0 Å². The lowest BCUT2D eigenvalue weighted by Gasteiger charge is -2.04. The molecule has 0 aromatic heterocycles. The van der Waals surface area contributed by atoms with Gasteiger partial charge >= 0.3 is 0 Å². The van der Waals surface area contributed by atoms with Crippen molar-refractivity contribution in [3.05, 3.63) is 0 Å². The monoisotopic (exact) mass is 285 g/mol. The van der Waals surface area contributed by atoms with Crippen LogP contribution < -0.4 is 5.32 Å². The second-order valence-electron chi connectivity index (χ2n) is 3.60. The van der Waals surface area contributed by atoms with Crippen LogP contribution >= 0.6 is 0 Å². The van der Waals surface area contributed by atoms with Gasteiger partial charge in [-0.2, -0.15) is 0 Å². The Morgan fingerprint density at radius 2 is 1.75 bits per heavy atom. The molecule has 1 N–H and O–H groups in total. The van der Waals surface area contributed by atoms with Gasteiger partial charge in [0.25, 0.3) is 0 Å². The van der Waals surface area contributed by atoms with Crippen LogP contribution in [0.3, 0.4) is 0 Å². The van der Waals surface area contributed by atoms with Crippen molar-refractivity contribution in [3.8, 4) is 11.8 Å². The third kappa shape index (κ3) is 25.7. The molecular weight excluding hydrogens is 250 g/mol. The second kappa shape index (κ2) is 26.5. The maximum atomic E-state index is 11.3. The number of hydrogen-bond donors (Lipinski definition) is 1. The van der Waals surface area contributed by atoms with Crippen LogP contribution in [0.1, 0.15) is 73.6 Å². The zero-order valence-electron chi connectivity index (χ0n) is 14.5. The van der Waals surface area contributed by atoms with Gasteiger partial charge in [-0.3, -0.25) is 4.79 Å². The highest BCUT2D eigenvalue weighted by molar-refractivity contribution is 5.75. The van der Waals surface area contributed by atoms with E-state index in [4.69, 9.17) is 4.74 Å². The smallest absolute Gasteiger partial charge is 0.220 e. The molecular formula is C17H35NO2. The van der Waals surface area contributed by atoms with Gasteiger partial charge in [0.1, 0.15) is 0 Å². The topological polar surface area (TPSA) is 38.3 Å². The van der Waals surface area contributed by atoms with Crippen molar-refractivity contribution in [2.45, 2.75) is 73.6 Å². The van der Waals surface area contributed by atoms with E-state index in [1.54, 1.807) is 0 Å². The largest absolute Gasteiger partial charge is 0.381 e. The van der Waals surface area contributed by atoms with Gasteiger partial charge in [-0.15, -0.1) is 11.8 Å². The minimum Gasteiger partial charge on any atom is -0.381 e. The molecule has 0 unspecified atom stereocenters. The van der Waals surface area contributed by atoms with E-state index >= 15 is 0 Å². The van der Waals surface area contributed by atoms with Crippen molar-refractivity contribution in [1.82, 2.24) is 5.32 Å². The van der Waals surface area contributed by atoms with E-state index in [-0.39, 0.29) is 5.91 Å². The SMILES string of the molecule is CC.CC.CC#CCCCNC(=O)CCCOCCC. The molecule has 0 saturated heterocycles. The fraction of sp³-hybridized carbons (Fsp3) is 0.824. The summed E-state index contributed by atoms with van der Waals surface area (Å²) >= 11 is 0. The molecule has 0 aromatic carbocycles. The van der Waals surface area contributed by atoms with E-state index in [1.165, 1.54) is 0 Å². The molecule has 0 radical (unpaired) electrons. The molecule has 3 nitrogen and oxygen atoms in total. The molecule has 20 heavy (non-hydrogen) atoms. The standard InChI is InChI=1S/C13H23NO2.2C2H6/c1-3-5-6-7-10-14-13(15)9-8-12-16-11-4-2;2*1-2/h4,6-12H2,1-2H3,(H,14,15);2*1-2H3. The molecule has 0 aliphatic rings. The first-order chi connectivity index (χ1) is 9.81. The molecule has 1 amide bonds. The van der Waals surface area contributed by atoms with Crippen molar-refractivity contribution < 1.29 is 9.53 Å². The number of rotatable bonds is 9. The lowest BCUT2D eigenvalue weighted by Crippen LogP contribution is -2.24. The van der Waals surface area contributed by atoms with Crippen molar-refractivity contribution in [2.75, 3.05) is 19.8 Å². The molecule has 0 heterocycles. The Bertz CT molecular complexity index is 229. The van der Waals surface area contributed by atoms with Gasteiger partial charge in [0.2, 0.25) is 5.91 Å². The van der Waals surface area contributed by atoms with E-state index in [0.29, 0.717) is 13.0 Å². The Labute approximate surface area is 126 Å². The first-order valence-corrected chi connectivity index (χ1v) is 8.05. The van der Waals surface area contributed by atoms with Gasteiger partial charge in [-0.1, -0.05) is 34.6 Å². The third-order valence-electron chi connectivity index (χ3n) is 2.02. The Kier molecular flexibility index (Phi) is 31.9. The fourth-order valence-corrected chi connectivity index (χ4v) is 1.20. The molecule has 0 bridgehead atoms. The van der Waals surface area contributed by atoms with Gasteiger partial charge in [0.15, 0.2) is 0 Å². The minimum atomic E-state index is 0.115. The molecule has 0 fully saturated rings. The summed E-state index contributed by atoms with van der Waals surface area (Å²) in [7, 11) is 0. The molecule has 0 saturated carbocycles. The van der Waals surface area contributed by atoms with E-state index in [0.717, 1.165) is 38.8 Å². The van der Waals surface area contributed by atoms with Crippen LogP contribution in [0.4, 0.5) is 0 Å². The molecule has 120 valence electrons. The highest BCUT2D eigenvalue weighted by atomic mass is 16.5. The maximum absolute atomic E-state index is 11.3. The Morgan fingerprint density at radius 1 is 1.10 bits per heavy atom. The summed E-state index contributed by atoms with van der Waals surface area (Å²) in [5.41, 5.74) is 0. The minimum absolute atomic E-state index is 0.115. The van der Waals surface area contributed by atoms with E-state index in [1.807, 2.05) is 34.6 Å². The van der Waals surface area contributed by atoms with Crippen LogP contribution in [0.5, 0.6) is 0 Å². The quantitative estimate of drug-likeness (QED) is 0.510. The third-order valence-corrected chi connectivity index (χ3v) is 2.02. The van der Waals surface area contributed by atoms with E-state index in [9.17, 15) is 4.79 Å². The molecule has 0 atom stereocenters. The van der Waals surface area contributed by atoms with Gasteiger partial charge in [-0.25, -0.2) is 0 Å². The van der Waals surface area contributed by atoms with Gasteiger partial charge in [-0.05, 0) is 26.2 Å². The number of ether oxygens (including phenoxy) is 1. The second-order valence-corrected chi connectivity index (χ2v) is 3.60. The van der Waals surface area contributed by atoms with Crippen molar-refractivity contribution >= 4 is 5.91 Å². The molecule has 0 aliphatic heterocycles. The number of nitrogens with one attached hydrogen (secondary N) is 1. The summed E-state index contributed by atoms with van der Waals surface area (Å²) in [5.74, 6) is 5.91. The molecule has 0 rings (SSSR count). The summed E-state index contributed by atoms with van der Waals surface area (Å²) in [6.45, 7) is 14.1. The van der Waals surface area contributed by atoms with E-state index < -0.39 is 0 Å². The predicted molar refractivity (Wildman–Crippen MR) is 88.7 cm³/mol. The summed E-state index contributed by atoms with van der Waals surface area (Å²) < 4.78 is 5.29.